The van der Waals surface area contributed by atoms with E-state index >= 15 is 0 Å². The minimum absolute atomic E-state index is 0.127. The smallest absolute Gasteiger partial charge is 0.410 e. The van der Waals surface area contributed by atoms with Gasteiger partial charge >= 0.3 is 6.09 Å². The number of piperidine rings is 1. The first-order chi connectivity index (χ1) is 16.1. The van der Waals surface area contributed by atoms with Crippen LogP contribution in [0.25, 0.3) is 0 Å². The van der Waals surface area contributed by atoms with Gasteiger partial charge in [-0.25, -0.2) is 4.79 Å². The lowest BCUT2D eigenvalue weighted by Crippen LogP contribution is -2.51. The van der Waals surface area contributed by atoms with Crippen molar-refractivity contribution in [2.45, 2.75) is 25.0 Å². The molecule has 1 N–H and O–H groups in total. The highest BCUT2D eigenvalue weighted by atomic mass is 16.6. The number of carbonyl (C=O) groups is 2. The Labute approximate surface area is 192 Å². The molecule has 3 aromatic carbocycles. The van der Waals surface area contributed by atoms with Crippen molar-refractivity contribution in [3.63, 3.8) is 0 Å². The molecule has 2 aliphatic heterocycles. The Morgan fingerprint density at radius 1 is 0.909 bits per heavy atom. The highest BCUT2D eigenvalue weighted by Gasteiger charge is 2.44. The standard InChI is InChI=1S/C27H25N3O3/c31-25-27(15-17-30(18-16-27)26(32)33-19-20-9-3-1-4-10-20)29-24(21-11-5-2-6-12-21)22-13-7-8-14-23(22)28-25/h1-14H,15-19H2,(H,28,31). The Hall–Kier alpha value is -3.93. The van der Waals surface area contributed by atoms with Crippen LogP contribution < -0.4 is 5.32 Å². The van der Waals surface area contributed by atoms with Crippen molar-refractivity contribution in [1.29, 1.82) is 0 Å². The molecular weight excluding hydrogens is 414 g/mol. The first kappa shape index (κ1) is 20.9. The van der Waals surface area contributed by atoms with E-state index < -0.39 is 5.54 Å². The molecule has 0 aliphatic carbocycles. The Kier molecular flexibility index (Phi) is 5.65. The van der Waals surface area contributed by atoms with Crippen molar-refractivity contribution >= 4 is 23.4 Å². The summed E-state index contributed by atoms with van der Waals surface area (Å²) in [5, 5.41) is 3.09. The fourth-order valence-electron chi connectivity index (χ4n) is 4.39. The van der Waals surface area contributed by atoms with Crippen LogP contribution in [0.1, 0.15) is 29.5 Å². The number of ether oxygens (including phenoxy) is 1. The molecule has 0 radical (unpaired) electrons. The van der Waals surface area contributed by atoms with Gasteiger partial charge in [-0.1, -0.05) is 78.9 Å². The summed E-state index contributed by atoms with van der Waals surface area (Å²) in [4.78, 5) is 32.7. The average Bonchev–Trinajstić information content (AvgIpc) is 2.99. The third-order valence-electron chi connectivity index (χ3n) is 6.28. The summed E-state index contributed by atoms with van der Waals surface area (Å²) < 4.78 is 5.49. The zero-order valence-corrected chi connectivity index (χ0v) is 18.2. The first-order valence-electron chi connectivity index (χ1n) is 11.2. The zero-order valence-electron chi connectivity index (χ0n) is 18.2. The number of para-hydroxylation sites is 1. The van der Waals surface area contributed by atoms with Gasteiger partial charge in [0, 0.05) is 24.2 Å². The normalized spacial score (nSPS) is 16.9. The maximum atomic E-state index is 13.4. The SMILES string of the molecule is O=C(OCc1ccccc1)N1CCC2(CC1)N=C(c1ccccc1)c1ccccc1NC2=O. The maximum Gasteiger partial charge on any atom is 0.410 e. The monoisotopic (exact) mass is 439 g/mol. The summed E-state index contributed by atoms with van der Waals surface area (Å²) in [5.74, 6) is -0.127. The summed E-state index contributed by atoms with van der Waals surface area (Å²) in [6, 6.07) is 27.3. The van der Waals surface area contributed by atoms with Crippen LogP contribution in [-0.2, 0) is 16.1 Å². The summed E-state index contributed by atoms with van der Waals surface area (Å²) in [6.07, 6.45) is 0.506. The van der Waals surface area contributed by atoms with Crippen LogP contribution in [0.2, 0.25) is 0 Å². The number of benzene rings is 3. The second kappa shape index (κ2) is 8.90. The van der Waals surface area contributed by atoms with Gasteiger partial charge in [-0.15, -0.1) is 0 Å². The molecule has 166 valence electrons. The number of amides is 2. The molecule has 6 nitrogen and oxygen atoms in total. The number of nitrogens with zero attached hydrogens (tertiary/aromatic N) is 2. The predicted molar refractivity (Wildman–Crippen MR) is 127 cm³/mol. The Bertz CT molecular complexity index is 1180. The Balaban J connectivity index is 1.37. The number of likely N-dealkylation sites (tertiary alicyclic amines) is 1. The molecule has 0 aromatic heterocycles. The second-order valence-corrected chi connectivity index (χ2v) is 8.38. The predicted octanol–water partition coefficient (Wildman–Crippen LogP) is 4.65. The topological polar surface area (TPSA) is 71.0 Å². The minimum atomic E-state index is -0.930. The fraction of sp³-hybridized carbons (Fsp3) is 0.222. The van der Waals surface area contributed by atoms with Crippen LogP contribution in [0, 0.1) is 0 Å². The molecule has 0 atom stereocenters. The molecule has 1 saturated heterocycles. The molecule has 0 bridgehead atoms. The molecular formula is C27H25N3O3. The maximum absolute atomic E-state index is 13.4. The van der Waals surface area contributed by atoms with Gasteiger partial charge in [0.2, 0.25) is 0 Å². The summed E-state index contributed by atoms with van der Waals surface area (Å²) in [7, 11) is 0. The quantitative estimate of drug-likeness (QED) is 0.646. The van der Waals surface area contributed by atoms with Crippen molar-refractivity contribution in [2.24, 2.45) is 4.99 Å². The molecule has 33 heavy (non-hydrogen) atoms. The van der Waals surface area contributed by atoms with Gasteiger partial charge in [0.25, 0.3) is 5.91 Å². The van der Waals surface area contributed by atoms with Gasteiger partial charge in [0.05, 0.1) is 11.4 Å². The van der Waals surface area contributed by atoms with Gasteiger partial charge in [-0.2, -0.15) is 0 Å². The number of nitrogens with one attached hydrogen (secondary N) is 1. The van der Waals surface area contributed by atoms with Crippen LogP contribution in [-0.4, -0.2) is 41.2 Å². The number of hydrogen-bond donors (Lipinski definition) is 1. The summed E-state index contributed by atoms with van der Waals surface area (Å²) in [6.45, 7) is 1.04. The number of hydrogen-bond acceptors (Lipinski definition) is 4. The van der Waals surface area contributed by atoms with E-state index in [2.05, 4.69) is 5.32 Å². The van der Waals surface area contributed by atoms with Crippen molar-refractivity contribution in [3.05, 3.63) is 102 Å². The van der Waals surface area contributed by atoms with Gasteiger partial charge in [-0.05, 0) is 24.5 Å². The molecule has 0 unspecified atom stereocenters. The number of carbonyl (C=O) groups excluding carboxylic acids is 2. The Morgan fingerprint density at radius 3 is 2.27 bits per heavy atom. The molecule has 5 rings (SSSR count). The molecule has 2 heterocycles. The van der Waals surface area contributed by atoms with E-state index in [9.17, 15) is 9.59 Å². The summed E-state index contributed by atoms with van der Waals surface area (Å²) in [5.41, 5.74) is 3.43. The molecule has 0 saturated carbocycles. The van der Waals surface area contributed by atoms with E-state index in [4.69, 9.17) is 9.73 Å². The lowest BCUT2D eigenvalue weighted by Gasteiger charge is -2.37. The largest absolute Gasteiger partial charge is 0.445 e. The number of aliphatic imine (C=N–C) groups is 1. The number of anilines is 1. The molecule has 6 heteroatoms. The van der Waals surface area contributed by atoms with Crippen molar-refractivity contribution in [3.8, 4) is 0 Å². The van der Waals surface area contributed by atoms with E-state index in [1.165, 1.54) is 0 Å². The average molecular weight is 440 g/mol. The van der Waals surface area contributed by atoms with E-state index in [1.807, 2.05) is 84.9 Å². The summed E-state index contributed by atoms with van der Waals surface area (Å²) >= 11 is 0. The Morgan fingerprint density at radius 2 is 1.55 bits per heavy atom. The molecule has 2 amide bonds. The number of fused-ring (bicyclic) bond motifs is 1. The third kappa shape index (κ3) is 4.24. The second-order valence-electron chi connectivity index (χ2n) is 8.38. The van der Waals surface area contributed by atoms with Gasteiger partial charge < -0.3 is 15.0 Å². The highest BCUT2D eigenvalue weighted by Crippen LogP contribution is 2.34. The lowest BCUT2D eigenvalue weighted by molar-refractivity contribution is -0.122. The van der Waals surface area contributed by atoms with Crippen LogP contribution >= 0.6 is 0 Å². The molecule has 2 aliphatic rings. The van der Waals surface area contributed by atoms with Crippen LogP contribution in [0.5, 0.6) is 0 Å². The van der Waals surface area contributed by atoms with E-state index in [0.717, 1.165) is 28.1 Å². The first-order valence-corrected chi connectivity index (χ1v) is 11.2. The van der Waals surface area contributed by atoms with Crippen LogP contribution in [0.3, 0.4) is 0 Å². The molecule has 1 spiro atoms. The number of rotatable bonds is 3. The van der Waals surface area contributed by atoms with Crippen molar-refractivity contribution in [1.82, 2.24) is 4.90 Å². The highest BCUT2D eigenvalue weighted by molar-refractivity contribution is 6.20. The lowest BCUT2D eigenvalue weighted by atomic mass is 9.87. The van der Waals surface area contributed by atoms with Gasteiger partial charge in [0.15, 0.2) is 0 Å². The third-order valence-corrected chi connectivity index (χ3v) is 6.28. The fourth-order valence-corrected chi connectivity index (χ4v) is 4.39. The van der Waals surface area contributed by atoms with Gasteiger partial charge in [-0.3, -0.25) is 9.79 Å². The molecule has 3 aromatic rings. The molecule has 1 fully saturated rings. The van der Waals surface area contributed by atoms with E-state index in [1.54, 1.807) is 4.90 Å². The van der Waals surface area contributed by atoms with E-state index in [-0.39, 0.29) is 18.6 Å². The van der Waals surface area contributed by atoms with Crippen molar-refractivity contribution < 1.29 is 14.3 Å². The zero-order chi connectivity index (χ0) is 22.7. The van der Waals surface area contributed by atoms with Crippen molar-refractivity contribution in [2.75, 3.05) is 18.4 Å². The van der Waals surface area contributed by atoms with Gasteiger partial charge in [0.1, 0.15) is 12.1 Å². The van der Waals surface area contributed by atoms with Crippen LogP contribution in [0.4, 0.5) is 10.5 Å². The minimum Gasteiger partial charge on any atom is -0.445 e. The van der Waals surface area contributed by atoms with Crippen LogP contribution in [0.15, 0.2) is 89.9 Å². The van der Waals surface area contributed by atoms with E-state index in [0.29, 0.717) is 25.9 Å².